The van der Waals surface area contributed by atoms with Gasteiger partial charge in [-0.05, 0) is 124 Å². The van der Waals surface area contributed by atoms with Crippen LogP contribution >= 0.6 is 27.2 Å². The van der Waals surface area contributed by atoms with Crippen LogP contribution in [-0.4, -0.2) is 69.2 Å². The predicted molar refractivity (Wildman–Crippen MR) is 173 cm³/mol. The minimum absolute atomic E-state index is 0. The SMILES string of the molecule is C.O=C(Cl)C12CC3CC(CC(C3)C1)C2.O=C(OCC12COP(=O)(OC1)OC2)C12CC3CC(CC(C3)C1)C2.O=P12OCC(CO)(CO1)CO2. The van der Waals surface area contributed by atoms with Gasteiger partial charge in [-0.2, -0.15) is 0 Å². The normalized spacial score (nSPS) is 51.2. The van der Waals surface area contributed by atoms with E-state index in [0.717, 1.165) is 74.0 Å². The fourth-order valence-corrected chi connectivity index (χ4v) is 14.4. The van der Waals surface area contributed by atoms with E-state index < -0.39 is 26.5 Å². The van der Waals surface area contributed by atoms with E-state index >= 15 is 0 Å². The lowest BCUT2D eigenvalue weighted by Crippen LogP contribution is -2.52. The first-order chi connectivity index (χ1) is 22.3. The Balaban J connectivity index is 0.000000124. The number of aliphatic hydroxyl groups excluding tert-OH is 1. The maximum atomic E-state index is 12.9. The molecular formula is C33H51ClO12P2. The third-order valence-corrected chi connectivity index (χ3v) is 16.0. The number of aliphatic hydroxyl groups is 1. The Labute approximate surface area is 288 Å². The first-order valence-electron chi connectivity index (χ1n) is 17.4. The maximum Gasteiger partial charge on any atom is 0.474 e. The molecule has 0 spiro atoms. The maximum absolute atomic E-state index is 12.9. The van der Waals surface area contributed by atoms with Crippen LogP contribution in [0.1, 0.15) is 84.5 Å². The second-order valence-corrected chi connectivity index (χ2v) is 20.6. The van der Waals surface area contributed by atoms with Crippen molar-refractivity contribution >= 4 is 38.5 Å². The quantitative estimate of drug-likeness (QED) is 0.182. The number of hydrogen-bond acceptors (Lipinski definition) is 12. The molecule has 48 heavy (non-hydrogen) atoms. The van der Waals surface area contributed by atoms with E-state index in [0.29, 0.717) is 0 Å². The van der Waals surface area contributed by atoms with Gasteiger partial charge in [-0.1, -0.05) is 7.43 Å². The van der Waals surface area contributed by atoms with E-state index in [1.165, 1.54) is 38.5 Å². The number of fused-ring (bicyclic) bond motifs is 6. The van der Waals surface area contributed by atoms with Crippen molar-refractivity contribution in [3.05, 3.63) is 0 Å². The van der Waals surface area contributed by atoms with Crippen molar-refractivity contribution in [2.75, 3.05) is 52.9 Å². The Bertz CT molecular complexity index is 1240. The number of carbonyl (C=O) groups is 2. The van der Waals surface area contributed by atoms with Crippen molar-refractivity contribution in [1.29, 1.82) is 0 Å². The summed E-state index contributed by atoms with van der Waals surface area (Å²) in [6.45, 7) is 1.79. The molecule has 12 nitrogen and oxygen atoms in total. The third-order valence-electron chi connectivity index (χ3n) is 12.9. The summed E-state index contributed by atoms with van der Waals surface area (Å²) in [4.78, 5) is 24.3. The summed E-state index contributed by atoms with van der Waals surface area (Å²) in [5.41, 5.74) is -1.29. The molecule has 0 atom stereocenters. The van der Waals surface area contributed by atoms with Crippen molar-refractivity contribution in [1.82, 2.24) is 0 Å². The molecule has 0 aromatic heterocycles. The van der Waals surface area contributed by atoms with Crippen LogP contribution in [0.15, 0.2) is 0 Å². The van der Waals surface area contributed by atoms with Gasteiger partial charge in [-0.25, -0.2) is 9.13 Å². The highest BCUT2D eigenvalue weighted by Crippen LogP contribution is 2.63. The lowest BCUT2D eigenvalue weighted by molar-refractivity contribution is -0.183. The molecule has 8 saturated carbocycles. The summed E-state index contributed by atoms with van der Waals surface area (Å²) in [6.07, 6.45) is 14.4. The zero-order valence-corrected chi connectivity index (χ0v) is 29.4. The highest BCUT2D eigenvalue weighted by molar-refractivity contribution is 7.48. The third kappa shape index (κ3) is 6.68. The summed E-state index contributed by atoms with van der Waals surface area (Å²) in [5.74, 6) is 4.61. The van der Waals surface area contributed by atoms with E-state index in [1.807, 2.05) is 0 Å². The van der Waals surface area contributed by atoms with Crippen LogP contribution < -0.4 is 0 Å². The van der Waals surface area contributed by atoms with Gasteiger partial charge in [0.1, 0.15) is 6.61 Å². The molecule has 0 radical (unpaired) electrons. The van der Waals surface area contributed by atoms with Crippen LogP contribution in [-0.2, 0) is 50.6 Å². The molecule has 6 aliphatic heterocycles. The molecule has 12 bridgehead atoms. The van der Waals surface area contributed by atoms with Crippen LogP contribution in [0.2, 0.25) is 0 Å². The van der Waals surface area contributed by atoms with E-state index in [2.05, 4.69) is 0 Å². The average Bonchev–Trinajstić information content (AvgIpc) is 3.04. The molecular weight excluding hydrogens is 686 g/mol. The van der Waals surface area contributed by atoms with Gasteiger partial charge in [-0.15, -0.1) is 0 Å². The second kappa shape index (κ2) is 12.9. The zero-order chi connectivity index (χ0) is 32.7. The summed E-state index contributed by atoms with van der Waals surface area (Å²) in [5, 5.41) is 8.88. The first-order valence-corrected chi connectivity index (χ1v) is 20.7. The Hall–Kier alpha value is -0.390. The van der Waals surface area contributed by atoms with Gasteiger partial charge in [0.15, 0.2) is 0 Å². The number of esters is 1. The Morgan fingerprint density at radius 3 is 1.23 bits per heavy atom. The molecule has 14 fully saturated rings. The average molecular weight is 737 g/mol. The number of phosphoric ester groups is 2. The fourth-order valence-electron chi connectivity index (χ4n) is 11.1. The fraction of sp³-hybridized carbons (Fsp3) is 0.939. The Morgan fingerprint density at radius 1 is 0.604 bits per heavy atom. The van der Waals surface area contributed by atoms with Gasteiger partial charge >= 0.3 is 21.6 Å². The van der Waals surface area contributed by atoms with Crippen molar-refractivity contribution in [2.24, 2.45) is 57.2 Å². The second-order valence-electron chi connectivity index (χ2n) is 16.9. The number of hydrogen-bond donors (Lipinski definition) is 1. The largest absolute Gasteiger partial charge is 0.474 e. The first kappa shape index (κ1) is 36.0. The lowest BCUT2D eigenvalue weighted by atomic mass is 9.49. The Kier molecular flexibility index (Phi) is 9.69. The van der Waals surface area contributed by atoms with Crippen LogP contribution in [0, 0.1) is 57.2 Å². The Morgan fingerprint density at radius 2 is 0.917 bits per heavy atom. The highest BCUT2D eigenvalue weighted by Gasteiger charge is 2.58. The van der Waals surface area contributed by atoms with Crippen molar-refractivity contribution in [3.8, 4) is 0 Å². The number of halogens is 1. The van der Waals surface area contributed by atoms with E-state index in [9.17, 15) is 18.7 Å². The zero-order valence-electron chi connectivity index (χ0n) is 26.8. The summed E-state index contributed by atoms with van der Waals surface area (Å²) < 4.78 is 58.6. The summed E-state index contributed by atoms with van der Waals surface area (Å²) in [6, 6.07) is 0. The molecule has 0 unspecified atom stereocenters. The summed E-state index contributed by atoms with van der Waals surface area (Å²) in [7, 11) is -6.50. The molecule has 0 aromatic carbocycles. The minimum atomic E-state index is -3.31. The molecule has 0 amide bonds. The number of phosphoric acid groups is 2. The molecule has 14 rings (SSSR count). The van der Waals surface area contributed by atoms with Crippen LogP contribution in [0.25, 0.3) is 0 Å². The molecule has 15 heteroatoms. The van der Waals surface area contributed by atoms with Gasteiger partial charge < -0.3 is 9.84 Å². The van der Waals surface area contributed by atoms with Gasteiger partial charge in [-0.3, -0.25) is 36.7 Å². The van der Waals surface area contributed by atoms with Crippen LogP contribution in [0.5, 0.6) is 0 Å². The van der Waals surface area contributed by atoms with Crippen LogP contribution in [0.3, 0.4) is 0 Å². The van der Waals surface area contributed by atoms with Crippen LogP contribution in [0.4, 0.5) is 0 Å². The van der Waals surface area contributed by atoms with Gasteiger partial charge in [0.05, 0.1) is 62.5 Å². The molecule has 6 heterocycles. The molecule has 1 N–H and O–H groups in total. The standard InChI is InChI=1S/C16H23O6P.C11H15ClO.C5H9O5P.CH4/c17-14(16-4-11-1-12(5-16)3-13(2-11)6-16)19-7-15-8-20-23(18,21-9-15)22-10-15;12-10(13)11-4-7-1-8(5-11)3-9(2-7)6-11;6-1-5-2-8-11(7,9-3-5)10-4-5;/h11-13H,1-10H2;7-9H,1-6H2;6H,1-4H2;1H4. The van der Waals surface area contributed by atoms with Crippen molar-refractivity contribution < 1.29 is 55.7 Å². The monoisotopic (exact) mass is 736 g/mol. The molecule has 0 aromatic rings. The number of ether oxygens (including phenoxy) is 1. The number of carbonyl (C=O) groups excluding carboxylic acids is 2. The number of rotatable bonds is 5. The molecule has 8 aliphatic carbocycles. The molecule has 14 aliphatic rings. The van der Waals surface area contributed by atoms with Gasteiger partial charge in [0, 0.05) is 5.41 Å². The van der Waals surface area contributed by atoms with E-state index in [-0.39, 0.29) is 82.3 Å². The summed E-state index contributed by atoms with van der Waals surface area (Å²) >= 11 is 5.76. The van der Waals surface area contributed by atoms with E-state index in [1.54, 1.807) is 0 Å². The van der Waals surface area contributed by atoms with Crippen molar-refractivity contribution in [3.63, 3.8) is 0 Å². The van der Waals surface area contributed by atoms with Crippen molar-refractivity contribution in [2.45, 2.75) is 84.5 Å². The molecule has 6 saturated heterocycles. The van der Waals surface area contributed by atoms with Gasteiger partial charge in [0.25, 0.3) is 0 Å². The predicted octanol–water partition coefficient (Wildman–Crippen LogP) is 6.67. The lowest BCUT2D eigenvalue weighted by Gasteiger charge is -2.55. The molecule has 272 valence electrons. The van der Waals surface area contributed by atoms with E-state index in [4.69, 9.17) is 48.6 Å². The topological polar surface area (TPSA) is 153 Å². The highest BCUT2D eigenvalue weighted by atomic mass is 35.5. The minimum Gasteiger partial charge on any atom is -0.464 e. The smallest absolute Gasteiger partial charge is 0.464 e. The van der Waals surface area contributed by atoms with Gasteiger partial charge in [0.2, 0.25) is 5.24 Å².